The minimum Gasteiger partial charge on any atom is -0.368 e. The van der Waals surface area contributed by atoms with Gasteiger partial charge in [-0.25, -0.2) is 9.67 Å². The van der Waals surface area contributed by atoms with E-state index in [0.29, 0.717) is 19.0 Å². The van der Waals surface area contributed by atoms with Gasteiger partial charge in [0.25, 0.3) is 0 Å². The first-order valence-electron chi connectivity index (χ1n) is 8.50. The minimum absolute atomic E-state index is 0.0732. The second-order valence-electron chi connectivity index (χ2n) is 6.47. The van der Waals surface area contributed by atoms with Crippen molar-refractivity contribution in [1.82, 2.24) is 29.9 Å². The van der Waals surface area contributed by atoms with Crippen molar-refractivity contribution >= 4 is 0 Å². The highest BCUT2D eigenvalue weighted by molar-refractivity contribution is 5.56. The van der Waals surface area contributed by atoms with Crippen LogP contribution in [0.15, 0.2) is 36.5 Å². The summed E-state index contributed by atoms with van der Waals surface area (Å²) in [5, 5.41) is 11.8. The van der Waals surface area contributed by atoms with Gasteiger partial charge in [0.05, 0.1) is 24.9 Å². The molecule has 4 rings (SSSR count). The van der Waals surface area contributed by atoms with Crippen LogP contribution in [0.25, 0.3) is 11.4 Å². The molecule has 7 heteroatoms. The number of hydrogen-bond donors (Lipinski definition) is 1. The molecule has 7 nitrogen and oxygen atoms in total. The van der Waals surface area contributed by atoms with Crippen molar-refractivity contribution in [3.8, 4) is 11.4 Å². The Hall–Kier alpha value is -2.51. The highest BCUT2D eigenvalue weighted by Crippen LogP contribution is 2.25. The number of nitrogens with zero attached hydrogens (tertiary/aromatic N) is 5. The van der Waals surface area contributed by atoms with E-state index in [1.165, 1.54) is 5.56 Å². The van der Waals surface area contributed by atoms with E-state index in [0.717, 1.165) is 30.2 Å². The predicted molar refractivity (Wildman–Crippen MR) is 94.1 cm³/mol. The summed E-state index contributed by atoms with van der Waals surface area (Å²) in [7, 11) is 2.11. The Labute approximate surface area is 146 Å². The van der Waals surface area contributed by atoms with Crippen molar-refractivity contribution in [2.75, 3.05) is 26.7 Å². The van der Waals surface area contributed by atoms with Crippen molar-refractivity contribution in [1.29, 1.82) is 0 Å². The van der Waals surface area contributed by atoms with Crippen LogP contribution >= 0.6 is 0 Å². The van der Waals surface area contributed by atoms with Crippen molar-refractivity contribution in [3.63, 3.8) is 0 Å². The summed E-state index contributed by atoms with van der Waals surface area (Å²) in [6.07, 6.45) is 1.70. The zero-order valence-corrected chi connectivity index (χ0v) is 14.5. The van der Waals surface area contributed by atoms with Gasteiger partial charge in [0.1, 0.15) is 6.10 Å². The summed E-state index contributed by atoms with van der Waals surface area (Å²) in [6, 6.07) is 10.3. The molecule has 1 fully saturated rings. The molecule has 1 unspecified atom stereocenters. The Bertz CT molecular complexity index is 840. The highest BCUT2D eigenvalue weighted by Gasteiger charge is 2.26. The fourth-order valence-corrected chi connectivity index (χ4v) is 3.09. The average molecular weight is 338 g/mol. The van der Waals surface area contributed by atoms with E-state index in [1.54, 1.807) is 6.20 Å². The van der Waals surface area contributed by atoms with Gasteiger partial charge in [0, 0.05) is 18.8 Å². The molecular weight excluding hydrogens is 316 g/mol. The molecule has 130 valence electrons. The molecule has 0 bridgehead atoms. The first-order chi connectivity index (χ1) is 12.2. The van der Waals surface area contributed by atoms with E-state index in [2.05, 4.69) is 34.3 Å². The van der Waals surface area contributed by atoms with Gasteiger partial charge in [-0.15, -0.1) is 0 Å². The fourth-order valence-electron chi connectivity index (χ4n) is 3.09. The van der Waals surface area contributed by atoms with Crippen LogP contribution in [0.5, 0.6) is 0 Å². The molecule has 3 aromatic rings. The largest absolute Gasteiger partial charge is 0.368 e. The van der Waals surface area contributed by atoms with Crippen LogP contribution in [0, 0.1) is 6.92 Å². The molecular formula is C18H22N6O. The van der Waals surface area contributed by atoms with Crippen molar-refractivity contribution in [3.05, 3.63) is 53.6 Å². The molecule has 1 aliphatic heterocycles. The molecule has 0 saturated carbocycles. The number of ether oxygens (including phenoxy) is 1. The lowest BCUT2D eigenvalue weighted by Gasteiger charge is -2.29. The monoisotopic (exact) mass is 338 g/mol. The van der Waals surface area contributed by atoms with E-state index in [-0.39, 0.29) is 6.10 Å². The Balaban J connectivity index is 1.72. The molecule has 1 N–H and O–H groups in total. The number of morpholine rings is 1. The molecule has 1 saturated heterocycles. The molecule has 1 aromatic carbocycles. The maximum atomic E-state index is 5.99. The smallest absolute Gasteiger partial charge is 0.184 e. The SMILES string of the molecule is Cc1[nH]ncc1-c1nc(C2CN(C)CCO2)n(Cc2ccccc2)n1. The van der Waals surface area contributed by atoms with Crippen LogP contribution < -0.4 is 0 Å². The number of rotatable bonds is 4. The lowest BCUT2D eigenvalue weighted by Crippen LogP contribution is -2.36. The van der Waals surface area contributed by atoms with Crippen LogP contribution in [-0.4, -0.2) is 56.6 Å². The number of aryl methyl sites for hydroxylation is 1. The van der Waals surface area contributed by atoms with Gasteiger partial charge in [0.2, 0.25) is 0 Å². The average Bonchev–Trinajstić information content (AvgIpc) is 3.22. The number of likely N-dealkylation sites (N-methyl/N-ethyl adjacent to an activating group) is 1. The molecule has 1 atom stereocenters. The molecule has 0 spiro atoms. The van der Waals surface area contributed by atoms with Gasteiger partial charge in [0.15, 0.2) is 11.6 Å². The van der Waals surface area contributed by atoms with E-state index in [9.17, 15) is 0 Å². The Morgan fingerprint density at radius 3 is 2.84 bits per heavy atom. The van der Waals surface area contributed by atoms with Crippen molar-refractivity contribution in [2.24, 2.45) is 0 Å². The van der Waals surface area contributed by atoms with Gasteiger partial charge >= 0.3 is 0 Å². The normalized spacial score (nSPS) is 18.6. The van der Waals surface area contributed by atoms with E-state index >= 15 is 0 Å². The third kappa shape index (κ3) is 3.33. The first kappa shape index (κ1) is 16.0. The topological polar surface area (TPSA) is 71.9 Å². The Morgan fingerprint density at radius 2 is 2.12 bits per heavy atom. The van der Waals surface area contributed by atoms with E-state index in [1.807, 2.05) is 29.8 Å². The van der Waals surface area contributed by atoms with Gasteiger partial charge in [-0.2, -0.15) is 10.2 Å². The second-order valence-corrected chi connectivity index (χ2v) is 6.47. The number of benzene rings is 1. The standard InChI is InChI=1S/C18H22N6O/c1-13-15(10-19-21-13)17-20-18(16-12-23(2)8-9-25-16)24(22-17)11-14-6-4-3-5-7-14/h3-7,10,16H,8-9,11-12H2,1-2H3,(H,19,21). The molecule has 3 heterocycles. The lowest BCUT2D eigenvalue weighted by atomic mass is 10.2. The van der Waals surface area contributed by atoms with Crippen LogP contribution in [0.1, 0.15) is 23.2 Å². The van der Waals surface area contributed by atoms with Crippen LogP contribution in [0.2, 0.25) is 0 Å². The Kier molecular flexibility index (Phi) is 4.33. The van der Waals surface area contributed by atoms with Gasteiger partial charge < -0.3 is 9.64 Å². The number of hydrogen-bond acceptors (Lipinski definition) is 5. The highest BCUT2D eigenvalue weighted by atomic mass is 16.5. The fraction of sp³-hybridized carbons (Fsp3) is 0.389. The zero-order valence-electron chi connectivity index (χ0n) is 14.5. The predicted octanol–water partition coefficient (Wildman–Crippen LogP) is 2.03. The third-order valence-electron chi connectivity index (χ3n) is 4.50. The quantitative estimate of drug-likeness (QED) is 0.788. The molecule has 0 radical (unpaired) electrons. The number of H-pyrrole nitrogens is 1. The van der Waals surface area contributed by atoms with E-state index < -0.39 is 0 Å². The first-order valence-corrected chi connectivity index (χ1v) is 8.50. The maximum Gasteiger partial charge on any atom is 0.184 e. The summed E-state index contributed by atoms with van der Waals surface area (Å²) in [6.45, 7) is 5.11. The van der Waals surface area contributed by atoms with Gasteiger partial charge in [-0.1, -0.05) is 30.3 Å². The van der Waals surface area contributed by atoms with Gasteiger partial charge in [-0.05, 0) is 19.5 Å². The summed E-state index contributed by atoms with van der Waals surface area (Å²) >= 11 is 0. The second kappa shape index (κ2) is 6.78. The summed E-state index contributed by atoms with van der Waals surface area (Å²) in [5.74, 6) is 1.56. The number of aromatic amines is 1. The van der Waals surface area contributed by atoms with Crippen LogP contribution in [0.4, 0.5) is 0 Å². The molecule has 25 heavy (non-hydrogen) atoms. The Morgan fingerprint density at radius 1 is 1.28 bits per heavy atom. The van der Waals surface area contributed by atoms with E-state index in [4.69, 9.17) is 14.8 Å². The number of aromatic nitrogens is 5. The molecule has 1 aliphatic rings. The molecule has 0 amide bonds. The molecule has 0 aliphatic carbocycles. The third-order valence-corrected chi connectivity index (χ3v) is 4.50. The van der Waals surface area contributed by atoms with Crippen LogP contribution in [-0.2, 0) is 11.3 Å². The van der Waals surface area contributed by atoms with Crippen molar-refractivity contribution in [2.45, 2.75) is 19.6 Å². The summed E-state index contributed by atoms with van der Waals surface area (Å²) < 4.78 is 7.94. The maximum absolute atomic E-state index is 5.99. The molecule has 2 aromatic heterocycles. The summed E-state index contributed by atoms with van der Waals surface area (Å²) in [4.78, 5) is 7.07. The number of nitrogens with one attached hydrogen (secondary N) is 1. The lowest BCUT2D eigenvalue weighted by molar-refractivity contribution is -0.0274. The minimum atomic E-state index is -0.0732. The van der Waals surface area contributed by atoms with Gasteiger partial charge in [-0.3, -0.25) is 5.10 Å². The van der Waals surface area contributed by atoms with Crippen LogP contribution in [0.3, 0.4) is 0 Å². The zero-order chi connectivity index (χ0) is 17.2. The van der Waals surface area contributed by atoms with Crippen molar-refractivity contribution < 1.29 is 4.74 Å². The summed E-state index contributed by atoms with van der Waals surface area (Å²) in [5.41, 5.74) is 3.08.